The number of nitrogens with one attached hydrogen (secondary N) is 1. The summed E-state index contributed by atoms with van der Waals surface area (Å²) >= 11 is 5.91. The van der Waals surface area contributed by atoms with Crippen molar-refractivity contribution in [3.8, 4) is 0 Å². The Kier molecular flexibility index (Phi) is 4.38. The van der Waals surface area contributed by atoms with Gasteiger partial charge in [0, 0.05) is 30.0 Å². The van der Waals surface area contributed by atoms with Crippen molar-refractivity contribution in [2.24, 2.45) is 0 Å². The first-order valence-electron chi connectivity index (χ1n) is 7.26. The number of aromatic nitrogens is 2. The first-order chi connectivity index (χ1) is 9.81. The number of benzene rings is 1. The van der Waals surface area contributed by atoms with Crippen LogP contribution in [0.4, 0.5) is 0 Å². The van der Waals surface area contributed by atoms with Gasteiger partial charge in [-0.25, -0.2) is 4.98 Å². The van der Waals surface area contributed by atoms with Gasteiger partial charge in [0.1, 0.15) is 0 Å². The van der Waals surface area contributed by atoms with Crippen LogP contribution in [0.25, 0.3) is 0 Å². The highest BCUT2D eigenvalue weighted by molar-refractivity contribution is 6.30. The molecule has 1 fully saturated rings. The van der Waals surface area contributed by atoms with Gasteiger partial charge in [0.2, 0.25) is 0 Å². The van der Waals surface area contributed by atoms with Gasteiger partial charge in [-0.05, 0) is 49.4 Å². The average Bonchev–Trinajstić information content (AvgIpc) is 2.91. The molecule has 1 heterocycles. The first kappa shape index (κ1) is 13.7. The van der Waals surface area contributed by atoms with E-state index < -0.39 is 0 Å². The summed E-state index contributed by atoms with van der Waals surface area (Å²) < 4.78 is 2.12. The monoisotopic (exact) mass is 289 g/mol. The van der Waals surface area contributed by atoms with E-state index in [9.17, 15) is 0 Å². The maximum absolute atomic E-state index is 5.91. The Bertz CT molecular complexity index is 515. The highest BCUT2D eigenvalue weighted by Gasteiger charge is 2.29. The molecule has 0 radical (unpaired) electrons. The van der Waals surface area contributed by atoms with Crippen LogP contribution in [0.3, 0.4) is 0 Å². The summed E-state index contributed by atoms with van der Waals surface area (Å²) in [5.41, 5.74) is 1.42. The molecule has 0 amide bonds. The quantitative estimate of drug-likeness (QED) is 0.825. The lowest BCUT2D eigenvalue weighted by Gasteiger charge is -2.36. The molecule has 0 saturated heterocycles. The predicted octanol–water partition coefficient (Wildman–Crippen LogP) is 3.46. The molecule has 0 bridgehead atoms. The van der Waals surface area contributed by atoms with Gasteiger partial charge in [-0.3, -0.25) is 0 Å². The first-order valence-corrected chi connectivity index (χ1v) is 7.63. The number of aryl methyl sites for hydroxylation is 1. The third-order valence-electron chi connectivity index (χ3n) is 4.06. The van der Waals surface area contributed by atoms with Crippen LogP contribution in [0.2, 0.25) is 5.02 Å². The molecule has 0 aliphatic heterocycles. The molecule has 1 aromatic carbocycles. The summed E-state index contributed by atoms with van der Waals surface area (Å²) in [7, 11) is 0. The zero-order chi connectivity index (χ0) is 13.8. The number of imidazole rings is 1. The predicted molar refractivity (Wildman–Crippen MR) is 82.1 cm³/mol. The van der Waals surface area contributed by atoms with Crippen LogP contribution in [0.15, 0.2) is 43.0 Å². The summed E-state index contributed by atoms with van der Waals surface area (Å²) in [6, 6.07) is 8.97. The van der Waals surface area contributed by atoms with Gasteiger partial charge in [-0.15, -0.1) is 0 Å². The Labute approximate surface area is 125 Å². The van der Waals surface area contributed by atoms with E-state index >= 15 is 0 Å². The second kappa shape index (κ2) is 6.42. The fourth-order valence-electron chi connectivity index (χ4n) is 2.78. The molecule has 0 spiro atoms. The van der Waals surface area contributed by atoms with Crippen molar-refractivity contribution in [1.82, 2.24) is 14.9 Å². The van der Waals surface area contributed by atoms with Crippen molar-refractivity contribution in [3.05, 3.63) is 53.6 Å². The molecule has 2 aromatic rings. The molecule has 4 heteroatoms. The lowest BCUT2D eigenvalue weighted by atomic mass is 9.76. The van der Waals surface area contributed by atoms with Gasteiger partial charge in [0.15, 0.2) is 0 Å². The van der Waals surface area contributed by atoms with Crippen LogP contribution in [-0.4, -0.2) is 22.1 Å². The van der Waals surface area contributed by atoms with Crippen molar-refractivity contribution in [2.45, 2.75) is 37.8 Å². The summed E-state index contributed by atoms with van der Waals surface area (Å²) in [4.78, 5) is 4.05. The lowest BCUT2D eigenvalue weighted by Crippen LogP contribution is -2.40. The third kappa shape index (κ3) is 3.41. The van der Waals surface area contributed by atoms with E-state index in [1.807, 2.05) is 30.9 Å². The summed E-state index contributed by atoms with van der Waals surface area (Å²) in [5, 5.41) is 4.45. The Morgan fingerprint density at radius 1 is 1.25 bits per heavy atom. The van der Waals surface area contributed by atoms with Gasteiger partial charge in [-0.2, -0.15) is 0 Å². The molecule has 106 valence electrons. The van der Waals surface area contributed by atoms with Crippen LogP contribution in [0, 0.1) is 0 Å². The molecule has 1 N–H and O–H groups in total. The maximum Gasteiger partial charge on any atom is 0.0945 e. The lowest BCUT2D eigenvalue weighted by molar-refractivity contribution is 0.289. The Morgan fingerprint density at radius 2 is 2.05 bits per heavy atom. The number of hydrogen-bond acceptors (Lipinski definition) is 2. The number of rotatable bonds is 6. The van der Waals surface area contributed by atoms with E-state index in [2.05, 4.69) is 27.0 Å². The maximum atomic E-state index is 5.91. The highest BCUT2D eigenvalue weighted by atomic mass is 35.5. The standard InChI is InChI=1S/C16H20ClN3/c17-15-4-2-13(3-5-15)14-10-16(11-14)19-6-1-8-20-9-7-18-12-20/h2-5,7,9,12,14,16,19H,1,6,8,10-11H2. The minimum Gasteiger partial charge on any atom is -0.337 e. The van der Waals surface area contributed by atoms with Gasteiger partial charge < -0.3 is 9.88 Å². The number of halogens is 1. The molecule has 0 unspecified atom stereocenters. The van der Waals surface area contributed by atoms with E-state index in [1.165, 1.54) is 18.4 Å². The van der Waals surface area contributed by atoms with Crippen LogP contribution in [-0.2, 0) is 6.54 Å². The Morgan fingerprint density at radius 3 is 2.75 bits per heavy atom. The smallest absolute Gasteiger partial charge is 0.0945 e. The summed E-state index contributed by atoms with van der Waals surface area (Å²) in [5.74, 6) is 0.707. The largest absolute Gasteiger partial charge is 0.337 e. The SMILES string of the molecule is Clc1ccc(C2CC(NCCCn3ccnc3)C2)cc1. The fourth-order valence-corrected chi connectivity index (χ4v) is 2.90. The summed E-state index contributed by atoms with van der Waals surface area (Å²) in [6.07, 6.45) is 9.35. The third-order valence-corrected chi connectivity index (χ3v) is 4.32. The molecule has 20 heavy (non-hydrogen) atoms. The zero-order valence-corrected chi connectivity index (χ0v) is 12.3. The second-order valence-corrected chi connectivity index (χ2v) is 5.96. The average molecular weight is 290 g/mol. The van der Waals surface area contributed by atoms with Gasteiger partial charge in [0.25, 0.3) is 0 Å². The van der Waals surface area contributed by atoms with Crippen molar-refractivity contribution < 1.29 is 0 Å². The Balaban J connectivity index is 1.33. The van der Waals surface area contributed by atoms with Gasteiger partial charge >= 0.3 is 0 Å². The van der Waals surface area contributed by atoms with Crippen LogP contribution < -0.4 is 5.32 Å². The van der Waals surface area contributed by atoms with Crippen LogP contribution >= 0.6 is 11.6 Å². The van der Waals surface area contributed by atoms with Crippen LogP contribution in [0.5, 0.6) is 0 Å². The molecule has 3 nitrogen and oxygen atoms in total. The van der Waals surface area contributed by atoms with E-state index in [0.717, 1.165) is 24.5 Å². The Hall–Kier alpha value is -1.32. The molecule has 1 aromatic heterocycles. The molecular formula is C16H20ClN3. The highest BCUT2D eigenvalue weighted by Crippen LogP contribution is 2.37. The minimum atomic E-state index is 0.679. The van der Waals surface area contributed by atoms with Crippen molar-refractivity contribution in [2.75, 3.05) is 6.54 Å². The van der Waals surface area contributed by atoms with Crippen LogP contribution in [0.1, 0.15) is 30.7 Å². The minimum absolute atomic E-state index is 0.679. The topological polar surface area (TPSA) is 29.9 Å². The normalized spacial score (nSPS) is 21.6. The number of nitrogens with zero attached hydrogens (tertiary/aromatic N) is 2. The number of hydrogen-bond donors (Lipinski definition) is 1. The molecule has 1 saturated carbocycles. The van der Waals surface area contributed by atoms with E-state index in [0.29, 0.717) is 12.0 Å². The molecular weight excluding hydrogens is 270 g/mol. The summed E-state index contributed by atoms with van der Waals surface area (Å²) in [6.45, 7) is 2.12. The van der Waals surface area contributed by atoms with Crippen molar-refractivity contribution in [1.29, 1.82) is 0 Å². The van der Waals surface area contributed by atoms with E-state index in [-0.39, 0.29) is 0 Å². The van der Waals surface area contributed by atoms with Gasteiger partial charge in [-0.1, -0.05) is 23.7 Å². The molecule has 3 rings (SSSR count). The van der Waals surface area contributed by atoms with E-state index in [4.69, 9.17) is 11.6 Å². The van der Waals surface area contributed by atoms with Gasteiger partial charge in [0.05, 0.1) is 6.33 Å². The molecule has 0 atom stereocenters. The fraction of sp³-hybridized carbons (Fsp3) is 0.438. The molecule has 1 aliphatic rings. The van der Waals surface area contributed by atoms with Crippen molar-refractivity contribution >= 4 is 11.6 Å². The molecule has 1 aliphatic carbocycles. The van der Waals surface area contributed by atoms with Crippen molar-refractivity contribution in [3.63, 3.8) is 0 Å². The zero-order valence-electron chi connectivity index (χ0n) is 11.5. The van der Waals surface area contributed by atoms with E-state index in [1.54, 1.807) is 0 Å². The second-order valence-electron chi connectivity index (χ2n) is 5.52.